The lowest BCUT2D eigenvalue weighted by Gasteiger charge is -2.29. The normalized spacial score (nSPS) is 19.3. The van der Waals surface area contributed by atoms with E-state index in [0.717, 1.165) is 12.5 Å². The van der Waals surface area contributed by atoms with E-state index in [1.807, 2.05) is 0 Å². The van der Waals surface area contributed by atoms with Gasteiger partial charge in [0.15, 0.2) is 9.84 Å². The maximum Gasteiger partial charge on any atom is 0.236 e. The summed E-state index contributed by atoms with van der Waals surface area (Å²) in [5.41, 5.74) is 0. The van der Waals surface area contributed by atoms with Crippen LogP contribution in [0.25, 0.3) is 0 Å². The first kappa shape index (κ1) is 15.4. The number of likely N-dealkylation sites (N-methyl/N-ethyl adjacent to an activating group) is 1. The van der Waals surface area contributed by atoms with E-state index in [2.05, 4.69) is 5.32 Å². The van der Waals surface area contributed by atoms with Crippen LogP contribution in [-0.2, 0) is 14.6 Å². The van der Waals surface area contributed by atoms with Gasteiger partial charge in [-0.15, -0.1) is 0 Å². The molecule has 0 aromatic rings. The van der Waals surface area contributed by atoms with Gasteiger partial charge in [0, 0.05) is 19.3 Å². The summed E-state index contributed by atoms with van der Waals surface area (Å²) in [7, 11) is -1.46. The molecule has 1 aliphatic rings. The average Bonchev–Trinajstić information content (AvgIpc) is 3.08. The van der Waals surface area contributed by atoms with Crippen LogP contribution in [0.4, 0.5) is 0 Å². The number of sulfone groups is 1. The molecular formula is C12H24N2O3S. The Morgan fingerprint density at radius 1 is 1.39 bits per heavy atom. The Hall–Kier alpha value is -0.620. The predicted molar refractivity (Wildman–Crippen MR) is 72.1 cm³/mol. The van der Waals surface area contributed by atoms with Crippen molar-refractivity contribution in [2.45, 2.75) is 38.0 Å². The van der Waals surface area contributed by atoms with Crippen molar-refractivity contribution < 1.29 is 13.2 Å². The Labute approximate surface area is 110 Å². The van der Waals surface area contributed by atoms with Gasteiger partial charge in [0.05, 0.1) is 11.8 Å². The van der Waals surface area contributed by atoms with E-state index in [9.17, 15) is 13.2 Å². The molecule has 1 N–H and O–H groups in total. The largest absolute Gasteiger partial charge is 0.341 e. The molecule has 0 aromatic heterocycles. The highest BCUT2D eigenvalue weighted by molar-refractivity contribution is 7.91. The molecule has 0 saturated heterocycles. The van der Waals surface area contributed by atoms with Crippen molar-refractivity contribution in [1.29, 1.82) is 0 Å². The smallest absolute Gasteiger partial charge is 0.236 e. The number of rotatable bonds is 7. The van der Waals surface area contributed by atoms with Crippen LogP contribution in [0.3, 0.4) is 0 Å². The molecule has 0 bridgehead atoms. The van der Waals surface area contributed by atoms with Crippen molar-refractivity contribution >= 4 is 15.7 Å². The van der Waals surface area contributed by atoms with E-state index in [1.54, 1.807) is 20.9 Å². The number of nitrogens with one attached hydrogen (secondary N) is 1. The fourth-order valence-corrected chi connectivity index (χ4v) is 2.63. The van der Waals surface area contributed by atoms with Crippen molar-refractivity contribution in [3.63, 3.8) is 0 Å². The molecule has 1 amide bonds. The molecule has 18 heavy (non-hydrogen) atoms. The van der Waals surface area contributed by atoms with E-state index in [0.29, 0.717) is 0 Å². The summed E-state index contributed by atoms with van der Waals surface area (Å²) >= 11 is 0. The molecule has 0 aliphatic heterocycles. The average molecular weight is 276 g/mol. The molecule has 1 aliphatic carbocycles. The van der Waals surface area contributed by atoms with Crippen molar-refractivity contribution in [2.75, 3.05) is 26.4 Å². The maximum absolute atomic E-state index is 11.9. The molecule has 2 atom stereocenters. The van der Waals surface area contributed by atoms with E-state index < -0.39 is 15.1 Å². The molecule has 0 spiro atoms. The van der Waals surface area contributed by atoms with Gasteiger partial charge < -0.3 is 10.2 Å². The first-order valence-electron chi connectivity index (χ1n) is 6.38. The van der Waals surface area contributed by atoms with Crippen LogP contribution in [0.1, 0.15) is 26.7 Å². The standard InChI is InChI=1S/C12H24N2O3S/c1-9(10(2)18(4,16)17)14(3)12(15)8-13-7-11-5-6-11/h9-11,13H,5-8H2,1-4H3. The monoisotopic (exact) mass is 276 g/mol. The molecule has 1 fully saturated rings. The molecule has 0 aromatic carbocycles. The summed E-state index contributed by atoms with van der Waals surface area (Å²) in [5, 5.41) is 2.57. The fraction of sp³-hybridized carbons (Fsp3) is 0.917. The maximum atomic E-state index is 11.9. The third kappa shape index (κ3) is 4.57. The third-order valence-corrected chi connectivity index (χ3v) is 5.51. The highest BCUT2D eigenvalue weighted by Crippen LogP contribution is 2.27. The van der Waals surface area contributed by atoms with Gasteiger partial charge in [-0.05, 0) is 39.2 Å². The lowest BCUT2D eigenvalue weighted by molar-refractivity contribution is -0.130. The second kappa shape index (κ2) is 6.02. The minimum absolute atomic E-state index is 0.0568. The molecular weight excluding hydrogens is 252 g/mol. The number of hydrogen-bond donors (Lipinski definition) is 1. The summed E-state index contributed by atoms with van der Waals surface area (Å²) in [4.78, 5) is 13.4. The molecule has 0 heterocycles. The summed E-state index contributed by atoms with van der Waals surface area (Å²) in [5.74, 6) is 0.675. The first-order valence-corrected chi connectivity index (χ1v) is 8.34. The first-order chi connectivity index (χ1) is 8.23. The minimum atomic E-state index is -3.12. The Kier molecular flexibility index (Phi) is 5.16. The number of amides is 1. The topological polar surface area (TPSA) is 66.5 Å². The lowest BCUT2D eigenvalue weighted by atomic mass is 10.2. The zero-order valence-corrected chi connectivity index (χ0v) is 12.5. The van der Waals surface area contributed by atoms with E-state index in [-0.39, 0.29) is 18.5 Å². The van der Waals surface area contributed by atoms with Gasteiger partial charge >= 0.3 is 0 Å². The number of nitrogens with zero attached hydrogens (tertiary/aromatic N) is 1. The molecule has 0 radical (unpaired) electrons. The van der Waals surface area contributed by atoms with Crippen LogP contribution >= 0.6 is 0 Å². The van der Waals surface area contributed by atoms with Crippen molar-refractivity contribution in [1.82, 2.24) is 10.2 Å². The summed E-state index contributed by atoms with van der Waals surface area (Å²) < 4.78 is 22.9. The Balaban J connectivity index is 2.40. The number of carbonyl (C=O) groups is 1. The van der Waals surface area contributed by atoms with Crippen LogP contribution in [0.15, 0.2) is 0 Å². The predicted octanol–water partition coefficient (Wildman–Crippen LogP) is 0.266. The van der Waals surface area contributed by atoms with Crippen molar-refractivity contribution in [2.24, 2.45) is 5.92 Å². The van der Waals surface area contributed by atoms with Gasteiger partial charge in [-0.3, -0.25) is 4.79 Å². The van der Waals surface area contributed by atoms with Crippen LogP contribution < -0.4 is 5.32 Å². The minimum Gasteiger partial charge on any atom is -0.341 e. The third-order valence-electron chi connectivity index (χ3n) is 3.77. The van der Waals surface area contributed by atoms with Gasteiger partial charge in [0.25, 0.3) is 0 Å². The van der Waals surface area contributed by atoms with E-state index >= 15 is 0 Å². The fourth-order valence-electron chi connectivity index (χ4n) is 1.73. The molecule has 106 valence electrons. The van der Waals surface area contributed by atoms with E-state index in [1.165, 1.54) is 24.0 Å². The zero-order valence-electron chi connectivity index (χ0n) is 11.6. The highest BCUT2D eigenvalue weighted by atomic mass is 32.2. The van der Waals surface area contributed by atoms with Gasteiger partial charge in [0.2, 0.25) is 5.91 Å². The molecule has 2 unspecified atom stereocenters. The molecule has 1 rings (SSSR count). The summed E-state index contributed by atoms with van der Waals surface area (Å²) in [6, 6.07) is -0.310. The quantitative estimate of drug-likeness (QED) is 0.724. The SMILES string of the molecule is CC(C(C)S(C)(=O)=O)N(C)C(=O)CNCC1CC1. The highest BCUT2D eigenvalue weighted by Gasteiger charge is 2.28. The number of hydrogen-bond acceptors (Lipinski definition) is 4. The van der Waals surface area contributed by atoms with Gasteiger partial charge in [-0.1, -0.05) is 0 Å². The van der Waals surface area contributed by atoms with Gasteiger partial charge in [-0.2, -0.15) is 0 Å². The number of carbonyl (C=O) groups excluding carboxylic acids is 1. The van der Waals surface area contributed by atoms with E-state index in [4.69, 9.17) is 0 Å². The van der Waals surface area contributed by atoms with Crippen LogP contribution in [-0.4, -0.2) is 56.9 Å². The Morgan fingerprint density at radius 2 is 1.94 bits per heavy atom. The summed E-state index contributed by atoms with van der Waals surface area (Å²) in [6.45, 7) is 4.58. The molecule has 5 nitrogen and oxygen atoms in total. The Morgan fingerprint density at radius 3 is 2.39 bits per heavy atom. The lowest BCUT2D eigenvalue weighted by Crippen LogP contribution is -2.47. The molecule has 6 heteroatoms. The van der Waals surface area contributed by atoms with Gasteiger partial charge in [-0.25, -0.2) is 8.42 Å². The second-order valence-corrected chi connectivity index (χ2v) is 7.76. The molecule has 1 saturated carbocycles. The zero-order chi connectivity index (χ0) is 13.9. The van der Waals surface area contributed by atoms with Crippen LogP contribution in [0.5, 0.6) is 0 Å². The second-order valence-electron chi connectivity index (χ2n) is 5.35. The van der Waals surface area contributed by atoms with Crippen molar-refractivity contribution in [3.05, 3.63) is 0 Å². The van der Waals surface area contributed by atoms with Crippen LogP contribution in [0, 0.1) is 5.92 Å². The van der Waals surface area contributed by atoms with Crippen LogP contribution in [0.2, 0.25) is 0 Å². The van der Waals surface area contributed by atoms with Crippen molar-refractivity contribution in [3.8, 4) is 0 Å². The van der Waals surface area contributed by atoms with Gasteiger partial charge in [0.1, 0.15) is 0 Å². The Bertz CT molecular complexity index is 390. The summed E-state index contributed by atoms with van der Waals surface area (Å²) in [6.07, 6.45) is 3.70.